The molecule has 0 spiro atoms. The molecule has 5 aromatic rings. The highest BCUT2D eigenvalue weighted by Crippen LogP contribution is 2.26. The van der Waals surface area contributed by atoms with Gasteiger partial charge in [0.2, 0.25) is 0 Å². The summed E-state index contributed by atoms with van der Waals surface area (Å²) in [6.45, 7) is 5.02. The van der Waals surface area contributed by atoms with Crippen molar-refractivity contribution in [3.63, 3.8) is 0 Å². The molecule has 178 valence electrons. The number of carbonyl (C=O) groups is 1. The van der Waals surface area contributed by atoms with Crippen LogP contribution in [-0.2, 0) is 11.2 Å². The number of aromatic nitrogens is 6. The fraction of sp³-hybridized carbons (Fsp3) is 0.192. The van der Waals surface area contributed by atoms with Crippen LogP contribution in [-0.4, -0.2) is 47.3 Å². The van der Waals surface area contributed by atoms with Gasteiger partial charge in [-0.1, -0.05) is 36.4 Å². The summed E-state index contributed by atoms with van der Waals surface area (Å²) < 4.78 is 9.41. The highest BCUT2D eigenvalue weighted by Gasteiger charge is 2.13. The predicted molar refractivity (Wildman–Crippen MR) is 132 cm³/mol. The van der Waals surface area contributed by atoms with Gasteiger partial charge >= 0.3 is 0 Å². The highest BCUT2D eigenvalue weighted by atomic mass is 16.5. The summed E-state index contributed by atoms with van der Waals surface area (Å²) in [4.78, 5) is 22.5. The van der Waals surface area contributed by atoms with E-state index in [9.17, 15) is 0 Å². The maximum Gasteiger partial charge on any atom is 0.300 e. The minimum Gasteiger partial charge on any atom is -0.495 e. The van der Waals surface area contributed by atoms with Crippen LogP contribution in [0, 0.1) is 13.8 Å². The van der Waals surface area contributed by atoms with Gasteiger partial charge < -0.3 is 14.4 Å². The molecule has 35 heavy (non-hydrogen) atoms. The molecule has 2 aromatic carbocycles. The predicted octanol–water partition coefficient (Wildman–Crippen LogP) is 4.28. The summed E-state index contributed by atoms with van der Waals surface area (Å²) in [6.07, 6.45) is 4.34. The van der Waals surface area contributed by atoms with E-state index in [0.29, 0.717) is 18.0 Å². The molecule has 9 nitrogen and oxygen atoms in total. The second-order valence-electron chi connectivity index (χ2n) is 8.01. The van der Waals surface area contributed by atoms with E-state index < -0.39 is 5.97 Å². The molecule has 0 saturated heterocycles. The Morgan fingerprint density at radius 1 is 1.03 bits per heavy atom. The Morgan fingerprint density at radius 3 is 2.43 bits per heavy atom. The molecule has 0 atom stereocenters. The summed E-state index contributed by atoms with van der Waals surface area (Å²) in [5, 5.41) is 12.2. The fourth-order valence-corrected chi connectivity index (χ4v) is 3.70. The van der Waals surface area contributed by atoms with Crippen molar-refractivity contribution >= 4 is 11.7 Å². The van der Waals surface area contributed by atoms with Gasteiger partial charge in [0, 0.05) is 30.8 Å². The lowest BCUT2D eigenvalue weighted by Gasteiger charge is -2.10. The molecule has 0 amide bonds. The third-order valence-electron chi connectivity index (χ3n) is 5.15. The lowest BCUT2D eigenvalue weighted by Crippen LogP contribution is -1.99. The standard InChI is InChI=1S/C24H22N6O.C2H4O2/c1-16-11-21(19-7-5-4-6-8-19)30-24(26-16)27-23(28-30)13-18-9-10-20(22(12-18)31-3)29-14-17(2)25-15-29;1-2(3)4/h4-12,14-15H,13H2,1-3H3;1H3,(H,3,4). The van der Waals surface area contributed by atoms with E-state index in [2.05, 4.69) is 33.2 Å². The fourth-order valence-electron chi connectivity index (χ4n) is 3.70. The number of rotatable bonds is 5. The third kappa shape index (κ3) is 5.52. The van der Waals surface area contributed by atoms with E-state index >= 15 is 0 Å². The van der Waals surface area contributed by atoms with Gasteiger partial charge in [0.15, 0.2) is 5.82 Å². The monoisotopic (exact) mass is 470 g/mol. The van der Waals surface area contributed by atoms with Crippen LogP contribution in [0.5, 0.6) is 5.75 Å². The number of methoxy groups -OCH3 is 1. The van der Waals surface area contributed by atoms with Crippen LogP contribution in [0.15, 0.2) is 67.1 Å². The Balaban J connectivity index is 0.000000672. The summed E-state index contributed by atoms with van der Waals surface area (Å²) in [7, 11) is 1.67. The van der Waals surface area contributed by atoms with Crippen molar-refractivity contribution in [1.29, 1.82) is 0 Å². The number of imidazole rings is 1. The molecule has 0 radical (unpaired) electrons. The second kappa shape index (κ2) is 10.2. The number of aryl methyl sites for hydroxylation is 2. The number of hydrogen-bond donors (Lipinski definition) is 1. The van der Waals surface area contributed by atoms with Gasteiger partial charge in [0.05, 0.1) is 30.5 Å². The van der Waals surface area contributed by atoms with E-state index in [1.165, 1.54) is 0 Å². The SMILES string of the molecule is CC(=O)O.COc1cc(Cc2nc3nc(C)cc(-c4ccccc4)n3n2)ccc1-n1cnc(C)c1. The summed E-state index contributed by atoms with van der Waals surface area (Å²) in [5.41, 5.74) is 5.93. The Labute approximate surface area is 202 Å². The Bertz CT molecular complexity index is 1470. The van der Waals surface area contributed by atoms with Gasteiger partial charge in [0.1, 0.15) is 5.75 Å². The van der Waals surface area contributed by atoms with Gasteiger partial charge in [0.25, 0.3) is 11.7 Å². The second-order valence-corrected chi connectivity index (χ2v) is 8.01. The largest absolute Gasteiger partial charge is 0.495 e. The molecular formula is C26H26N6O3. The lowest BCUT2D eigenvalue weighted by molar-refractivity contribution is -0.134. The first-order valence-corrected chi connectivity index (χ1v) is 11.0. The van der Waals surface area contributed by atoms with Crippen LogP contribution in [0.1, 0.15) is 29.7 Å². The zero-order valence-corrected chi connectivity index (χ0v) is 20.0. The molecule has 0 saturated carbocycles. The van der Waals surface area contributed by atoms with Crippen molar-refractivity contribution in [2.45, 2.75) is 27.2 Å². The van der Waals surface area contributed by atoms with Crippen molar-refractivity contribution in [2.24, 2.45) is 0 Å². The molecule has 0 aliphatic rings. The molecular weight excluding hydrogens is 444 g/mol. The minimum absolute atomic E-state index is 0.580. The van der Waals surface area contributed by atoms with Crippen molar-refractivity contribution in [3.05, 3.63) is 89.9 Å². The van der Waals surface area contributed by atoms with E-state index in [1.807, 2.05) is 65.5 Å². The Morgan fingerprint density at radius 2 is 1.77 bits per heavy atom. The average Bonchev–Trinajstić information content (AvgIpc) is 3.44. The lowest BCUT2D eigenvalue weighted by atomic mass is 10.1. The molecule has 0 bridgehead atoms. The Kier molecular flexibility index (Phi) is 6.86. The van der Waals surface area contributed by atoms with Crippen LogP contribution in [0.25, 0.3) is 22.7 Å². The van der Waals surface area contributed by atoms with Crippen molar-refractivity contribution in [3.8, 4) is 22.7 Å². The zero-order chi connectivity index (χ0) is 24.9. The molecule has 5 rings (SSSR count). The van der Waals surface area contributed by atoms with Crippen molar-refractivity contribution in [2.75, 3.05) is 7.11 Å². The summed E-state index contributed by atoms with van der Waals surface area (Å²) >= 11 is 0. The summed E-state index contributed by atoms with van der Waals surface area (Å²) in [6, 6.07) is 18.3. The van der Waals surface area contributed by atoms with E-state index in [4.69, 9.17) is 19.7 Å². The van der Waals surface area contributed by atoms with Crippen LogP contribution in [0.3, 0.4) is 0 Å². The maximum atomic E-state index is 9.00. The quantitative estimate of drug-likeness (QED) is 0.408. The van der Waals surface area contributed by atoms with Gasteiger partial charge in [-0.25, -0.2) is 9.97 Å². The number of aliphatic carboxylic acids is 1. The molecule has 3 heterocycles. The third-order valence-corrected chi connectivity index (χ3v) is 5.15. The first-order chi connectivity index (χ1) is 16.8. The average molecular weight is 471 g/mol. The van der Waals surface area contributed by atoms with E-state index in [0.717, 1.165) is 46.6 Å². The van der Waals surface area contributed by atoms with E-state index in [-0.39, 0.29) is 0 Å². The normalized spacial score (nSPS) is 10.6. The number of carboxylic acids is 1. The smallest absolute Gasteiger partial charge is 0.300 e. The van der Waals surface area contributed by atoms with Gasteiger partial charge in [-0.05, 0) is 37.6 Å². The first-order valence-electron chi connectivity index (χ1n) is 11.0. The zero-order valence-electron chi connectivity index (χ0n) is 20.0. The highest BCUT2D eigenvalue weighted by molar-refractivity contribution is 5.63. The van der Waals surface area contributed by atoms with Gasteiger partial charge in [-0.2, -0.15) is 9.50 Å². The van der Waals surface area contributed by atoms with E-state index in [1.54, 1.807) is 13.4 Å². The molecule has 0 aliphatic carbocycles. The van der Waals surface area contributed by atoms with Gasteiger partial charge in [-0.3, -0.25) is 4.79 Å². The number of carboxylic acid groups (broad SMARTS) is 1. The molecule has 0 unspecified atom stereocenters. The number of nitrogens with zero attached hydrogens (tertiary/aromatic N) is 6. The van der Waals surface area contributed by atoms with Crippen LogP contribution in [0.4, 0.5) is 0 Å². The van der Waals surface area contributed by atoms with Crippen molar-refractivity contribution < 1.29 is 14.6 Å². The first kappa shape index (κ1) is 23.6. The topological polar surface area (TPSA) is 107 Å². The number of hydrogen-bond acceptors (Lipinski definition) is 6. The van der Waals surface area contributed by atoms with Crippen LogP contribution in [0.2, 0.25) is 0 Å². The molecule has 0 aliphatic heterocycles. The Hall–Kier alpha value is -4.53. The molecule has 0 fully saturated rings. The number of ether oxygens (including phenoxy) is 1. The van der Waals surface area contributed by atoms with Crippen LogP contribution < -0.4 is 4.74 Å². The maximum absolute atomic E-state index is 9.00. The number of benzene rings is 2. The molecule has 3 aromatic heterocycles. The van der Waals surface area contributed by atoms with Gasteiger partial charge in [-0.15, -0.1) is 5.10 Å². The summed E-state index contributed by atoms with van der Waals surface area (Å²) in [5.74, 6) is 1.26. The minimum atomic E-state index is -0.833. The molecule has 9 heteroatoms. The van der Waals surface area contributed by atoms with Crippen LogP contribution >= 0.6 is 0 Å². The molecule has 1 N–H and O–H groups in total. The van der Waals surface area contributed by atoms with Crippen molar-refractivity contribution in [1.82, 2.24) is 29.1 Å². The number of fused-ring (bicyclic) bond motifs is 1.